The summed E-state index contributed by atoms with van der Waals surface area (Å²) in [4.78, 5) is 24.2. The number of benzene rings is 1. The molecule has 120 valence electrons. The Morgan fingerprint density at radius 2 is 1.87 bits per heavy atom. The van der Waals surface area contributed by atoms with Crippen LogP contribution in [0.2, 0.25) is 0 Å². The maximum absolute atomic E-state index is 12.3. The molecule has 2 rings (SSSR count). The first kappa shape index (κ1) is 16.5. The van der Waals surface area contributed by atoms with Crippen molar-refractivity contribution in [3.8, 4) is 5.75 Å². The van der Waals surface area contributed by atoms with E-state index in [1.165, 1.54) is 25.3 Å². The molecule has 0 amide bonds. The number of carbonyl (C=O) groups is 2. The molecule has 1 aromatic carbocycles. The minimum Gasteiger partial charge on any atom is -0.618 e. The van der Waals surface area contributed by atoms with Crippen molar-refractivity contribution in [1.29, 1.82) is 0 Å². The summed E-state index contributed by atoms with van der Waals surface area (Å²) < 4.78 is 10.8. The topological polar surface area (TPSA) is 79.5 Å². The lowest BCUT2D eigenvalue weighted by molar-refractivity contribution is -0.608. The van der Waals surface area contributed by atoms with Gasteiger partial charge in [-0.05, 0) is 44.2 Å². The highest BCUT2D eigenvalue weighted by Gasteiger charge is 2.24. The van der Waals surface area contributed by atoms with Gasteiger partial charge in [0.25, 0.3) is 0 Å². The van der Waals surface area contributed by atoms with Crippen LogP contribution < -0.4 is 9.47 Å². The molecule has 0 bridgehead atoms. The minimum atomic E-state index is -0.999. The highest BCUT2D eigenvalue weighted by atomic mass is 16.6. The Labute approximate surface area is 133 Å². The average Bonchev–Trinajstić information content (AvgIpc) is 2.55. The molecule has 0 saturated heterocycles. The summed E-state index contributed by atoms with van der Waals surface area (Å²) in [6, 6.07) is 10.9. The number of aromatic nitrogens is 1. The van der Waals surface area contributed by atoms with E-state index in [0.717, 1.165) is 0 Å². The van der Waals surface area contributed by atoms with E-state index in [0.29, 0.717) is 22.7 Å². The zero-order chi connectivity index (χ0) is 16.8. The molecule has 0 radical (unpaired) electrons. The van der Waals surface area contributed by atoms with Crippen LogP contribution >= 0.6 is 0 Å². The van der Waals surface area contributed by atoms with Crippen LogP contribution in [0.15, 0.2) is 48.7 Å². The van der Waals surface area contributed by atoms with Crippen LogP contribution in [0.25, 0.3) is 0 Å². The van der Waals surface area contributed by atoms with Crippen molar-refractivity contribution in [3.63, 3.8) is 0 Å². The van der Waals surface area contributed by atoms with Crippen molar-refractivity contribution in [1.82, 2.24) is 0 Å². The summed E-state index contributed by atoms with van der Waals surface area (Å²) in [6.07, 6.45) is 0.191. The van der Waals surface area contributed by atoms with Crippen molar-refractivity contribution in [2.45, 2.75) is 20.0 Å². The molecular formula is C17H17NO5. The quantitative estimate of drug-likeness (QED) is 0.353. The molecule has 0 saturated carbocycles. The normalized spacial score (nSPS) is 11.6. The molecule has 0 aliphatic carbocycles. The number of carbonyl (C=O) groups excluding carboxylic acids is 2. The summed E-state index contributed by atoms with van der Waals surface area (Å²) in [6.45, 7) is 3.87. The summed E-state index contributed by atoms with van der Waals surface area (Å²) in [7, 11) is 0. The summed E-state index contributed by atoms with van der Waals surface area (Å²) in [5.74, 6) is -0.535. The maximum Gasteiger partial charge on any atom is 0.405 e. The minimum absolute atomic E-state index is 0.168. The molecule has 0 aliphatic heterocycles. The van der Waals surface area contributed by atoms with Gasteiger partial charge in [0.2, 0.25) is 5.78 Å². The van der Waals surface area contributed by atoms with Crippen LogP contribution in [0.5, 0.6) is 5.75 Å². The van der Waals surface area contributed by atoms with Gasteiger partial charge in [0.15, 0.2) is 12.3 Å². The lowest BCUT2D eigenvalue weighted by Crippen LogP contribution is -2.36. The Hall–Kier alpha value is -2.89. The lowest BCUT2D eigenvalue weighted by atomic mass is 10.1. The summed E-state index contributed by atoms with van der Waals surface area (Å²) in [5.41, 5.74) is 0.232. The maximum atomic E-state index is 12.3. The van der Waals surface area contributed by atoms with Crippen LogP contribution in [0.1, 0.15) is 34.7 Å². The second-order valence-electron chi connectivity index (χ2n) is 4.78. The van der Waals surface area contributed by atoms with Crippen molar-refractivity contribution in [2.75, 3.05) is 6.61 Å². The third-order valence-electron chi connectivity index (χ3n) is 3.14. The van der Waals surface area contributed by atoms with Gasteiger partial charge in [-0.1, -0.05) is 0 Å². The van der Waals surface area contributed by atoms with E-state index >= 15 is 0 Å². The number of ether oxygens (including phenoxy) is 2. The SMILES string of the molecule is CCOc1ccc(C(=O)[C@H](C)OC(=O)c2cccc[n+]2[O-])cc1. The number of hydrogen-bond acceptors (Lipinski definition) is 5. The molecule has 0 fully saturated rings. The molecule has 2 aromatic rings. The Balaban J connectivity index is 2.05. The second-order valence-corrected chi connectivity index (χ2v) is 4.78. The monoisotopic (exact) mass is 315 g/mol. The Kier molecular flexibility index (Phi) is 5.30. The van der Waals surface area contributed by atoms with Gasteiger partial charge in [0.05, 0.1) is 6.61 Å². The zero-order valence-corrected chi connectivity index (χ0v) is 12.9. The third kappa shape index (κ3) is 4.06. The summed E-state index contributed by atoms with van der Waals surface area (Å²) in [5, 5.41) is 11.5. The van der Waals surface area contributed by atoms with Crippen LogP contribution in [-0.2, 0) is 4.74 Å². The van der Waals surface area contributed by atoms with Gasteiger partial charge in [-0.3, -0.25) is 4.79 Å². The average molecular weight is 315 g/mol. The molecule has 0 N–H and O–H groups in total. The van der Waals surface area contributed by atoms with Crippen molar-refractivity contribution < 1.29 is 23.8 Å². The molecule has 6 heteroatoms. The number of esters is 1. The van der Waals surface area contributed by atoms with Crippen molar-refractivity contribution in [2.24, 2.45) is 0 Å². The standard InChI is InChI=1S/C17H17NO5/c1-3-22-14-9-7-13(8-10-14)16(19)12(2)23-17(20)15-6-4-5-11-18(15)21/h4-12H,3H2,1-2H3/t12-/m0/s1. The predicted octanol–water partition coefficient (Wildman–Crippen LogP) is 2.15. The van der Waals surface area contributed by atoms with E-state index in [2.05, 4.69) is 0 Å². The number of Topliss-reactive ketones (excluding diaryl/α,β-unsaturated/α-hetero) is 1. The molecule has 1 heterocycles. The lowest BCUT2D eigenvalue weighted by Gasteiger charge is -2.12. The van der Waals surface area contributed by atoms with E-state index in [1.807, 2.05) is 6.92 Å². The first-order chi connectivity index (χ1) is 11.0. The fraction of sp³-hybridized carbons (Fsp3) is 0.235. The molecule has 1 atom stereocenters. The zero-order valence-electron chi connectivity index (χ0n) is 12.9. The van der Waals surface area contributed by atoms with Gasteiger partial charge in [-0.25, -0.2) is 4.79 Å². The van der Waals surface area contributed by atoms with Gasteiger partial charge in [0.1, 0.15) is 5.75 Å². The molecule has 0 unspecified atom stereocenters. The Morgan fingerprint density at radius 3 is 2.48 bits per heavy atom. The van der Waals surface area contributed by atoms with Crippen LogP contribution in [-0.4, -0.2) is 24.5 Å². The van der Waals surface area contributed by atoms with Gasteiger partial charge in [0, 0.05) is 17.7 Å². The number of nitrogens with zero attached hydrogens (tertiary/aromatic N) is 1. The van der Waals surface area contributed by atoms with Gasteiger partial charge < -0.3 is 14.7 Å². The van der Waals surface area contributed by atoms with Crippen molar-refractivity contribution in [3.05, 3.63) is 65.1 Å². The predicted molar refractivity (Wildman–Crippen MR) is 82.2 cm³/mol. The Bertz CT molecular complexity index is 696. The Morgan fingerprint density at radius 1 is 1.17 bits per heavy atom. The van der Waals surface area contributed by atoms with Crippen molar-refractivity contribution >= 4 is 11.8 Å². The second kappa shape index (κ2) is 7.40. The van der Waals surface area contributed by atoms with Crippen LogP contribution in [0.4, 0.5) is 0 Å². The van der Waals surface area contributed by atoms with Gasteiger partial charge >= 0.3 is 11.7 Å². The van der Waals surface area contributed by atoms with E-state index in [-0.39, 0.29) is 11.5 Å². The van der Waals surface area contributed by atoms with E-state index < -0.39 is 12.1 Å². The molecular weight excluding hydrogens is 298 g/mol. The number of hydrogen-bond donors (Lipinski definition) is 0. The first-order valence-corrected chi connectivity index (χ1v) is 7.19. The van der Waals surface area contributed by atoms with Gasteiger partial charge in [-0.15, -0.1) is 0 Å². The van der Waals surface area contributed by atoms with Crippen LogP contribution in [0, 0.1) is 5.21 Å². The largest absolute Gasteiger partial charge is 0.618 e. The molecule has 1 aromatic heterocycles. The fourth-order valence-corrected chi connectivity index (χ4v) is 1.98. The number of rotatable bonds is 6. The third-order valence-corrected chi connectivity index (χ3v) is 3.14. The van der Waals surface area contributed by atoms with Crippen LogP contribution in [0.3, 0.4) is 0 Å². The van der Waals surface area contributed by atoms with Gasteiger partial charge in [-0.2, -0.15) is 4.73 Å². The number of ketones is 1. The molecule has 0 aliphatic rings. The first-order valence-electron chi connectivity index (χ1n) is 7.19. The molecule has 0 spiro atoms. The van der Waals surface area contributed by atoms with E-state index in [9.17, 15) is 14.8 Å². The number of pyridine rings is 1. The highest BCUT2D eigenvalue weighted by molar-refractivity contribution is 6.01. The van der Waals surface area contributed by atoms with E-state index in [4.69, 9.17) is 9.47 Å². The van der Waals surface area contributed by atoms with E-state index in [1.54, 1.807) is 30.3 Å². The summed E-state index contributed by atoms with van der Waals surface area (Å²) >= 11 is 0. The fourth-order valence-electron chi connectivity index (χ4n) is 1.98. The molecule has 23 heavy (non-hydrogen) atoms. The highest BCUT2D eigenvalue weighted by Crippen LogP contribution is 2.14. The molecule has 6 nitrogen and oxygen atoms in total. The smallest absolute Gasteiger partial charge is 0.405 e.